The minimum absolute atomic E-state index is 0.220. The molecule has 0 fully saturated rings. The lowest BCUT2D eigenvalue weighted by atomic mass is 10.0. The third-order valence-electron chi connectivity index (χ3n) is 3.60. The Bertz CT molecular complexity index is 923. The van der Waals surface area contributed by atoms with Crippen molar-refractivity contribution in [2.45, 2.75) is 4.90 Å². The molecule has 5 nitrogen and oxygen atoms in total. The maximum Gasteiger partial charge on any atom is 0.335 e. The molecule has 6 heteroatoms. The number of carboxylic acid groups (broad SMARTS) is 1. The second kappa shape index (κ2) is 6.74. The van der Waals surface area contributed by atoms with Gasteiger partial charge in [0, 0.05) is 16.1 Å². The molecule has 24 heavy (non-hydrogen) atoms. The van der Waals surface area contributed by atoms with E-state index in [0.717, 1.165) is 27.6 Å². The Morgan fingerprint density at radius 3 is 2.04 bits per heavy atom. The first-order chi connectivity index (χ1) is 11.6. The highest BCUT2D eigenvalue weighted by Gasteiger charge is 2.09. The van der Waals surface area contributed by atoms with Crippen molar-refractivity contribution in [3.63, 3.8) is 0 Å². The number of hydrogen-bond donors (Lipinski definition) is 3. The van der Waals surface area contributed by atoms with Gasteiger partial charge < -0.3 is 10.4 Å². The molecule has 0 spiro atoms. The summed E-state index contributed by atoms with van der Waals surface area (Å²) in [5.74, 6) is -1.20. The Morgan fingerprint density at radius 2 is 1.46 bits per heavy atom. The maximum absolute atomic E-state index is 12.4. The van der Waals surface area contributed by atoms with Crippen molar-refractivity contribution in [1.82, 2.24) is 0 Å². The summed E-state index contributed by atoms with van der Waals surface area (Å²) < 4.78 is 0. The lowest BCUT2D eigenvalue weighted by Gasteiger charge is -2.07. The summed E-state index contributed by atoms with van der Waals surface area (Å²) in [6.45, 7) is 0. The standard InChI is InChI=1S/C18H14N2O3S/c19-24-16-7-5-15(6-8-16)20-17(21)13-3-1-12-10-14(18(22)23)4-2-11(12)9-13/h1-10H,19H2,(H,20,21)(H,22,23). The molecule has 3 rings (SSSR count). The number of nitrogens with one attached hydrogen (secondary N) is 1. The molecule has 0 aromatic heterocycles. The van der Waals surface area contributed by atoms with Crippen molar-refractivity contribution >= 4 is 40.3 Å². The van der Waals surface area contributed by atoms with E-state index in [-0.39, 0.29) is 11.5 Å². The molecule has 0 aliphatic carbocycles. The zero-order valence-corrected chi connectivity index (χ0v) is 13.3. The van der Waals surface area contributed by atoms with E-state index >= 15 is 0 Å². The second-order valence-corrected chi connectivity index (χ2v) is 5.89. The van der Waals surface area contributed by atoms with Crippen LogP contribution in [-0.2, 0) is 0 Å². The Hall–Kier alpha value is -2.83. The molecule has 0 radical (unpaired) electrons. The van der Waals surface area contributed by atoms with Crippen LogP contribution < -0.4 is 10.5 Å². The lowest BCUT2D eigenvalue weighted by molar-refractivity contribution is 0.0697. The van der Waals surface area contributed by atoms with E-state index < -0.39 is 5.97 Å². The highest BCUT2D eigenvalue weighted by molar-refractivity contribution is 7.97. The van der Waals surface area contributed by atoms with Gasteiger partial charge in [-0.2, -0.15) is 0 Å². The zero-order valence-electron chi connectivity index (χ0n) is 12.5. The normalized spacial score (nSPS) is 10.5. The minimum atomic E-state index is -0.974. The SMILES string of the molecule is NSc1ccc(NC(=O)c2ccc3cc(C(=O)O)ccc3c2)cc1. The molecular weight excluding hydrogens is 324 g/mol. The van der Waals surface area contributed by atoms with Crippen LogP contribution in [0.3, 0.4) is 0 Å². The molecule has 0 heterocycles. The fourth-order valence-corrected chi connectivity index (χ4v) is 2.63. The van der Waals surface area contributed by atoms with Gasteiger partial charge in [-0.05, 0) is 71.3 Å². The number of carboxylic acids is 1. The van der Waals surface area contributed by atoms with Crippen molar-refractivity contribution in [1.29, 1.82) is 0 Å². The van der Waals surface area contributed by atoms with Crippen LogP contribution in [-0.4, -0.2) is 17.0 Å². The van der Waals surface area contributed by atoms with E-state index in [1.165, 1.54) is 6.07 Å². The minimum Gasteiger partial charge on any atom is -0.478 e. The van der Waals surface area contributed by atoms with E-state index in [1.807, 2.05) is 12.1 Å². The molecule has 0 atom stereocenters. The van der Waals surface area contributed by atoms with Crippen molar-refractivity contribution in [2.24, 2.45) is 5.14 Å². The molecule has 0 saturated carbocycles. The average molecular weight is 338 g/mol. The molecule has 0 aliphatic rings. The van der Waals surface area contributed by atoms with Gasteiger partial charge in [-0.1, -0.05) is 12.1 Å². The maximum atomic E-state index is 12.4. The van der Waals surface area contributed by atoms with Gasteiger partial charge in [0.1, 0.15) is 0 Å². The fraction of sp³-hybridized carbons (Fsp3) is 0. The monoisotopic (exact) mass is 338 g/mol. The quantitative estimate of drug-likeness (QED) is 0.630. The number of carbonyl (C=O) groups is 2. The molecule has 120 valence electrons. The van der Waals surface area contributed by atoms with Gasteiger partial charge in [-0.3, -0.25) is 9.93 Å². The van der Waals surface area contributed by atoms with Crippen molar-refractivity contribution < 1.29 is 14.7 Å². The lowest BCUT2D eigenvalue weighted by Crippen LogP contribution is -2.11. The summed E-state index contributed by atoms with van der Waals surface area (Å²) in [6.07, 6.45) is 0. The number of nitrogens with two attached hydrogens (primary N) is 1. The van der Waals surface area contributed by atoms with Crippen LogP contribution in [0, 0.1) is 0 Å². The van der Waals surface area contributed by atoms with Gasteiger partial charge in [0.05, 0.1) is 5.56 Å². The largest absolute Gasteiger partial charge is 0.478 e. The van der Waals surface area contributed by atoms with Gasteiger partial charge in [0.2, 0.25) is 0 Å². The van der Waals surface area contributed by atoms with Gasteiger partial charge in [-0.15, -0.1) is 0 Å². The molecule has 0 unspecified atom stereocenters. The topological polar surface area (TPSA) is 92.4 Å². The molecule has 3 aromatic rings. The van der Waals surface area contributed by atoms with Gasteiger partial charge in [0.25, 0.3) is 5.91 Å². The van der Waals surface area contributed by atoms with E-state index in [4.69, 9.17) is 10.2 Å². The Kier molecular flexibility index (Phi) is 4.50. The predicted molar refractivity (Wildman–Crippen MR) is 95.3 cm³/mol. The average Bonchev–Trinajstić information content (AvgIpc) is 2.61. The molecule has 4 N–H and O–H groups in total. The van der Waals surface area contributed by atoms with Crippen molar-refractivity contribution in [2.75, 3.05) is 5.32 Å². The van der Waals surface area contributed by atoms with Crippen LogP contribution >= 0.6 is 11.9 Å². The van der Waals surface area contributed by atoms with Crippen LogP contribution in [0.2, 0.25) is 0 Å². The fourth-order valence-electron chi connectivity index (χ4n) is 2.34. The van der Waals surface area contributed by atoms with E-state index in [0.29, 0.717) is 11.3 Å². The number of anilines is 1. The number of carbonyl (C=O) groups excluding carboxylic acids is 1. The molecule has 1 amide bonds. The highest BCUT2D eigenvalue weighted by Crippen LogP contribution is 2.20. The summed E-state index contributed by atoms with van der Waals surface area (Å²) in [6, 6.07) is 17.2. The smallest absolute Gasteiger partial charge is 0.335 e. The molecule has 0 aliphatic heterocycles. The zero-order chi connectivity index (χ0) is 17.1. The summed E-state index contributed by atoms with van der Waals surface area (Å²) in [7, 11) is 0. The number of benzene rings is 3. The summed E-state index contributed by atoms with van der Waals surface area (Å²) in [5, 5.41) is 18.9. The number of aromatic carboxylic acids is 1. The predicted octanol–water partition coefficient (Wildman–Crippen LogP) is 3.76. The van der Waals surface area contributed by atoms with Crippen LogP contribution in [0.4, 0.5) is 5.69 Å². The highest BCUT2D eigenvalue weighted by atomic mass is 32.2. The number of fused-ring (bicyclic) bond motifs is 1. The van der Waals surface area contributed by atoms with Gasteiger partial charge >= 0.3 is 5.97 Å². The van der Waals surface area contributed by atoms with Crippen LogP contribution in [0.1, 0.15) is 20.7 Å². The van der Waals surface area contributed by atoms with Gasteiger partial charge in [-0.25, -0.2) is 4.79 Å². The first-order valence-electron chi connectivity index (χ1n) is 7.12. The first-order valence-corrected chi connectivity index (χ1v) is 8.00. The number of amides is 1. The van der Waals surface area contributed by atoms with E-state index in [1.54, 1.807) is 42.5 Å². The van der Waals surface area contributed by atoms with Crippen LogP contribution in [0.5, 0.6) is 0 Å². The van der Waals surface area contributed by atoms with Crippen LogP contribution in [0.15, 0.2) is 65.6 Å². The Morgan fingerprint density at radius 1 is 0.875 bits per heavy atom. The van der Waals surface area contributed by atoms with Crippen molar-refractivity contribution in [3.05, 3.63) is 71.8 Å². The summed E-state index contributed by atoms with van der Waals surface area (Å²) in [4.78, 5) is 24.3. The second-order valence-electron chi connectivity index (χ2n) is 5.18. The Labute approximate surface area is 142 Å². The van der Waals surface area contributed by atoms with Crippen LogP contribution in [0.25, 0.3) is 10.8 Å². The summed E-state index contributed by atoms with van der Waals surface area (Å²) >= 11 is 1.14. The van der Waals surface area contributed by atoms with Crippen molar-refractivity contribution in [3.8, 4) is 0 Å². The molecule has 0 bridgehead atoms. The number of rotatable bonds is 4. The third kappa shape index (κ3) is 3.40. The molecule has 0 saturated heterocycles. The van der Waals surface area contributed by atoms with E-state index in [2.05, 4.69) is 5.32 Å². The Balaban J connectivity index is 1.83. The molecule has 3 aromatic carbocycles. The van der Waals surface area contributed by atoms with E-state index in [9.17, 15) is 9.59 Å². The number of hydrogen-bond acceptors (Lipinski definition) is 4. The van der Waals surface area contributed by atoms with Gasteiger partial charge in [0.15, 0.2) is 0 Å². The summed E-state index contributed by atoms with van der Waals surface area (Å²) in [5.41, 5.74) is 1.40. The molecular formula is C18H14N2O3S. The first kappa shape index (κ1) is 16.0. The third-order valence-corrected chi connectivity index (χ3v) is 4.14.